The van der Waals surface area contributed by atoms with Gasteiger partial charge in [0, 0.05) is 26.7 Å². The van der Waals surface area contributed by atoms with Crippen molar-refractivity contribution in [2.24, 2.45) is 0 Å². The molecular weight excluding hydrogens is 1230 g/mol. The van der Waals surface area contributed by atoms with Crippen LogP contribution in [-0.2, 0) is 37.9 Å². The second-order valence-corrected chi connectivity index (χ2v) is 31.2. The van der Waals surface area contributed by atoms with E-state index in [-0.39, 0.29) is 70.5 Å². The summed E-state index contributed by atoms with van der Waals surface area (Å²) in [6, 6.07) is 33.0. The van der Waals surface area contributed by atoms with Gasteiger partial charge in [0.1, 0.15) is 34.9 Å². The summed E-state index contributed by atoms with van der Waals surface area (Å²) in [5, 5.41) is 1.69. The molecule has 0 nitrogen and oxygen atoms in total. The molecular formula is C75H95Cl5F8. The van der Waals surface area contributed by atoms with Crippen molar-refractivity contribution >= 4 is 58.0 Å². The summed E-state index contributed by atoms with van der Waals surface area (Å²) in [4.78, 5) is 0. The predicted octanol–water partition coefficient (Wildman–Crippen LogP) is 27.2. The van der Waals surface area contributed by atoms with E-state index in [4.69, 9.17) is 58.0 Å². The number of halogens is 13. The molecule has 0 heterocycles. The monoisotopic (exact) mass is 1320 g/mol. The molecule has 0 aliphatic heterocycles. The molecule has 0 amide bonds. The molecule has 7 aromatic rings. The predicted molar refractivity (Wildman–Crippen MR) is 365 cm³/mol. The maximum Gasteiger partial charge on any atom is 0.264 e. The first-order chi connectivity index (χ1) is 39.7. The Hall–Kier alpha value is -4.57. The minimum Gasteiger partial charge on any atom is -0.207 e. The van der Waals surface area contributed by atoms with Crippen LogP contribution in [0.4, 0.5) is 35.1 Å². The highest BCUT2D eigenvalue weighted by molar-refractivity contribution is 6.32. The zero-order valence-electron chi connectivity index (χ0n) is 56.5. The summed E-state index contributed by atoms with van der Waals surface area (Å²) in [7, 11) is 0. The molecule has 0 saturated heterocycles. The van der Waals surface area contributed by atoms with Crippen LogP contribution >= 0.6 is 58.0 Å². The molecule has 0 radical (unpaired) electrons. The molecule has 0 saturated carbocycles. The standard InChI is InChI=1S/C11H13ClF2.C11H14ClF.C11H15Cl.C11H14F2.C11H16.C10H11ClF2.C10H12ClF/c1-11(2,3)9-6-7(12)4-5-8(9)10(13)14;1-7-5-6-8(12)10(13)9(7)11(2,3)4;1-8-5-6-9(12)7-10(8)11(2,3)4;1-7-5-8(12)10(9(13)6-7)11(2,3)4;1-9-5-7-10(8-6-9)11(2,3)4;1-10(2,3)8-7(12)5-4-6(11)9(8)13;1-10(2,3)7-5-4-6-8(11)9(7)12/h4-6,10H,1-3H3;5-6H,1-4H3;5-7H,1-4H3;5-6H,1-4H3;5-8H,1-4H3;4-5H,1-3H3;4-6H,1-3H3. The van der Waals surface area contributed by atoms with E-state index in [1.54, 1.807) is 78.8 Å². The third-order valence-corrected chi connectivity index (χ3v) is 14.9. The Morgan fingerprint density at radius 1 is 0.307 bits per heavy atom. The van der Waals surface area contributed by atoms with Crippen molar-refractivity contribution in [1.82, 2.24) is 0 Å². The van der Waals surface area contributed by atoms with Crippen molar-refractivity contribution in [3.8, 4) is 0 Å². The number of aryl methyl sites for hydroxylation is 4. The third kappa shape index (κ3) is 26.3. The van der Waals surface area contributed by atoms with Crippen molar-refractivity contribution in [1.29, 1.82) is 0 Å². The number of rotatable bonds is 1. The normalized spacial score (nSPS) is 11.9. The third-order valence-electron chi connectivity index (χ3n) is 13.5. The quantitative estimate of drug-likeness (QED) is 0.114. The number of hydrogen-bond donors (Lipinski definition) is 0. The van der Waals surface area contributed by atoms with Crippen molar-refractivity contribution in [2.45, 2.75) is 217 Å². The first kappa shape index (κ1) is 81.4. The van der Waals surface area contributed by atoms with E-state index < -0.39 is 40.5 Å². The van der Waals surface area contributed by atoms with E-state index in [1.807, 2.05) is 81.4 Å². The number of hydrogen-bond acceptors (Lipinski definition) is 0. The van der Waals surface area contributed by atoms with Gasteiger partial charge in [-0.25, -0.2) is 35.1 Å². The van der Waals surface area contributed by atoms with E-state index in [2.05, 4.69) is 91.8 Å². The lowest BCUT2D eigenvalue weighted by atomic mass is 9.84. The smallest absolute Gasteiger partial charge is 0.207 e. The Bertz CT molecular complexity index is 3250. The van der Waals surface area contributed by atoms with E-state index in [0.29, 0.717) is 27.3 Å². The molecule has 0 aliphatic rings. The van der Waals surface area contributed by atoms with Gasteiger partial charge in [-0.2, -0.15) is 0 Å². The molecule has 0 bridgehead atoms. The summed E-state index contributed by atoms with van der Waals surface area (Å²) in [6.07, 6.45) is -2.44. The van der Waals surface area contributed by atoms with Gasteiger partial charge in [-0.05, 0) is 171 Å². The highest BCUT2D eigenvalue weighted by Crippen LogP contribution is 2.36. The molecule has 0 fully saturated rings. The average Bonchev–Trinajstić information content (AvgIpc) is 3.40. The van der Waals surface area contributed by atoms with Crippen molar-refractivity contribution < 1.29 is 35.1 Å². The van der Waals surface area contributed by atoms with Gasteiger partial charge in [0.25, 0.3) is 6.43 Å². The first-order valence-electron chi connectivity index (χ1n) is 29.1. The Labute approximate surface area is 549 Å². The van der Waals surface area contributed by atoms with Crippen LogP contribution in [0.2, 0.25) is 25.1 Å². The Kier molecular flexibility index (Phi) is 30.7. The molecule has 13 heteroatoms. The summed E-state index contributed by atoms with van der Waals surface area (Å²) < 4.78 is 106. The number of alkyl halides is 2. The van der Waals surface area contributed by atoms with Crippen molar-refractivity contribution in [3.05, 3.63) is 242 Å². The van der Waals surface area contributed by atoms with Crippen LogP contribution in [-0.4, -0.2) is 0 Å². The van der Waals surface area contributed by atoms with E-state index in [0.717, 1.165) is 10.6 Å². The summed E-state index contributed by atoms with van der Waals surface area (Å²) in [5.74, 6) is -2.69. The maximum atomic E-state index is 13.6. The highest BCUT2D eigenvalue weighted by Gasteiger charge is 2.27. The molecule has 486 valence electrons. The fourth-order valence-corrected chi connectivity index (χ4v) is 9.94. The molecule has 0 atom stereocenters. The lowest BCUT2D eigenvalue weighted by Gasteiger charge is -2.22. The van der Waals surface area contributed by atoms with Gasteiger partial charge in [0.2, 0.25) is 0 Å². The Balaban J connectivity index is 0.000000514. The Morgan fingerprint density at radius 3 is 1.06 bits per heavy atom. The van der Waals surface area contributed by atoms with E-state index in [1.165, 1.54) is 58.7 Å². The van der Waals surface area contributed by atoms with Gasteiger partial charge < -0.3 is 0 Å². The highest BCUT2D eigenvalue weighted by atomic mass is 35.5. The SMILES string of the molecule is CC(C)(C)c1c(F)ccc(Cl)c1F.CC(C)(C)c1cc(Cl)ccc1C(F)F.CC(C)(C)c1cccc(Cl)c1F.Cc1cc(F)c(C(C)(C)C)c(F)c1.Cc1ccc(C(C)(C)C)cc1.Cc1ccc(Cl)c(F)c1C(C)(C)C.Cc1ccc(Cl)cc1C(C)(C)C. The van der Waals surface area contributed by atoms with Crippen LogP contribution in [0.15, 0.2) is 115 Å². The minimum atomic E-state index is -2.44. The zero-order chi connectivity index (χ0) is 68.8. The van der Waals surface area contributed by atoms with E-state index >= 15 is 0 Å². The van der Waals surface area contributed by atoms with E-state index in [9.17, 15) is 35.1 Å². The van der Waals surface area contributed by atoms with Crippen LogP contribution < -0.4 is 0 Å². The van der Waals surface area contributed by atoms with Crippen LogP contribution in [0, 0.1) is 62.6 Å². The molecule has 0 N–H and O–H groups in total. The summed E-state index contributed by atoms with van der Waals surface area (Å²) in [5.41, 5.74) is 7.93. The van der Waals surface area contributed by atoms with Gasteiger partial charge >= 0.3 is 0 Å². The first-order valence-corrected chi connectivity index (χ1v) is 31.0. The van der Waals surface area contributed by atoms with Gasteiger partial charge in [-0.1, -0.05) is 264 Å². The molecule has 0 aromatic heterocycles. The fraction of sp³-hybridized carbons (Fsp3) is 0.440. The molecule has 7 aromatic carbocycles. The molecule has 0 spiro atoms. The molecule has 0 aliphatic carbocycles. The van der Waals surface area contributed by atoms with Crippen molar-refractivity contribution in [3.63, 3.8) is 0 Å². The van der Waals surface area contributed by atoms with Crippen LogP contribution in [0.3, 0.4) is 0 Å². The largest absolute Gasteiger partial charge is 0.264 e. The van der Waals surface area contributed by atoms with Gasteiger partial charge in [0.05, 0.1) is 15.1 Å². The molecule has 7 rings (SSSR count). The summed E-state index contributed by atoms with van der Waals surface area (Å²) >= 11 is 28.6. The van der Waals surface area contributed by atoms with Gasteiger partial charge in [-0.15, -0.1) is 0 Å². The average molecular weight is 1330 g/mol. The van der Waals surface area contributed by atoms with Crippen LogP contribution in [0.1, 0.15) is 219 Å². The minimum absolute atomic E-state index is 0.0358. The van der Waals surface area contributed by atoms with Gasteiger partial charge in [-0.3, -0.25) is 0 Å². The number of benzene rings is 7. The fourth-order valence-electron chi connectivity index (χ4n) is 9.11. The Morgan fingerprint density at radius 2 is 0.693 bits per heavy atom. The lowest BCUT2D eigenvalue weighted by molar-refractivity contribution is 0.149. The maximum absolute atomic E-state index is 13.6. The summed E-state index contributed by atoms with van der Waals surface area (Å²) in [6.45, 7) is 49.2. The van der Waals surface area contributed by atoms with Crippen LogP contribution in [0.5, 0.6) is 0 Å². The molecule has 0 unspecified atom stereocenters. The van der Waals surface area contributed by atoms with Gasteiger partial charge in [0.15, 0.2) is 0 Å². The lowest BCUT2D eigenvalue weighted by Crippen LogP contribution is -2.16. The molecule has 88 heavy (non-hydrogen) atoms. The second kappa shape index (κ2) is 33.1. The zero-order valence-corrected chi connectivity index (χ0v) is 60.2. The topological polar surface area (TPSA) is 0 Å². The van der Waals surface area contributed by atoms with Crippen LogP contribution in [0.25, 0.3) is 0 Å². The van der Waals surface area contributed by atoms with Crippen molar-refractivity contribution in [2.75, 3.05) is 0 Å². The second-order valence-electron chi connectivity index (χ2n) is 29.1.